The summed E-state index contributed by atoms with van der Waals surface area (Å²) < 4.78 is 6.38. The Balaban J connectivity index is 3.10. The molecular formula is C17H34N2OSSi2. The molecule has 0 N–H and O–H groups in total. The molecule has 0 fully saturated rings. The van der Waals surface area contributed by atoms with Crippen LogP contribution >= 0.6 is 11.2 Å². The normalized spacial score (nSPS) is 14.0. The Bertz CT molecular complexity index is 514. The minimum atomic E-state index is -1.88. The molecular weight excluding hydrogens is 336 g/mol. The summed E-state index contributed by atoms with van der Waals surface area (Å²) in [7, 11) is -3.41. The lowest BCUT2D eigenvalue weighted by molar-refractivity contribution is 0.469. The topological polar surface area (TPSA) is 35.0 Å². The molecule has 0 atom stereocenters. The lowest BCUT2D eigenvalue weighted by Crippen LogP contribution is -2.44. The molecule has 0 spiro atoms. The van der Waals surface area contributed by atoms with Crippen molar-refractivity contribution in [3.05, 3.63) is 11.8 Å². The summed E-state index contributed by atoms with van der Waals surface area (Å²) in [4.78, 5) is 9.38. The van der Waals surface area contributed by atoms with E-state index in [9.17, 15) is 0 Å². The van der Waals surface area contributed by atoms with Crippen molar-refractivity contribution in [2.45, 2.75) is 89.9 Å². The molecule has 0 bridgehead atoms. The second kappa shape index (κ2) is 6.52. The van der Waals surface area contributed by atoms with Crippen molar-refractivity contribution in [3.63, 3.8) is 0 Å². The van der Waals surface area contributed by atoms with Crippen LogP contribution in [-0.4, -0.2) is 25.5 Å². The van der Waals surface area contributed by atoms with E-state index in [2.05, 4.69) is 72.7 Å². The quantitative estimate of drug-likeness (QED) is 0.462. The van der Waals surface area contributed by atoms with Crippen molar-refractivity contribution in [2.75, 3.05) is 0 Å². The molecule has 0 amide bonds. The number of aromatic nitrogens is 2. The van der Waals surface area contributed by atoms with Crippen molar-refractivity contribution in [1.82, 2.24) is 9.97 Å². The maximum atomic E-state index is 6.38. The van der Waals surface area contributed by atoms with Crippen molar-refractivity contribution >= 4 is 26.8 Å². The van der Waals surface area contributed by atoms with Gasteiger partial charge in [-0.05, 0) is 30.1 Å². The van der Waals surface area contributed by atoms with Gasteiger partial charge >= 0.3 is 0 Å². The second-order valence-corrected chi connectivity index (χ2v) is 22.8. The zero-order chi connectivity index (χ0) is 18.3. The molecule has 0 aliphatic heterocycles. The molecule has 0 aliphatic carbocycles. The molecule has 1 aromatic heterocycles. The van der Waals surface area contributed by atoms with Crippen LogP contribution in [-0.2, 0) is 0 Å². The van der Waals surface area contributed by atoms with Gasteiger partial charge in [-0.2, -0.15) is 4.98 Å². The SMILES string of the molecule is Cc1cc(O[Si](C)(C)C(C)(C)C)nc(S[Si](C)(C)C(C)(C)C)n1. The third-order valence-corrected chi connectivity index (χ3v) is 17.9. The number of hydrogen-bond acceptors (Lipinski definition) is 4. The van der Waals surface area contributed by atoms with E-state index >= 15 is 0 Å². The summed E-state index contributed by atoms with van der Waals surface area (Å²) in [6.45, 7) is 25.0. The lowest BCUT2D eigenvalue weighted by atomic mass is 10.2. The zero-order valence-corrected chi connectivity index (χ0v) is 19.6. The van der Waals surface area contributed by atoms with Gasteiger partial charge < -0.3 is 4.43 Å². The Morgan fingerprint density at radius 2 is 1.43 bits per heavy atom. The summed E-state index contributed by atoms with van der Waals surface area (Å²) in [5, 5.41) is 1.33. The average molecular weight is 371 g/mol. The first-order valence-electron chi connectivity index (χ1n) is 8.29. The number of nitrogens with zero attached hydrogens (tertiary/aromatic N) is 2. The molecule has 23 heavy (non-hydrogen) atoms. The summed E-state index contributed by atoms with van der Waals surface area (Å²) in [6.07, 6.45) is 0. The van der Waals surface area contributed by atoms with E-state index in [1.54, 1.807) is 0 Å². The van der Waals surface area contributed by atoms with Gasteiger partial charge in [-0.15, -0.1) is 11.2 Å². The third-order valence-electron chi connectivity index (χ3n) is 5.13. The predicted octanol–water partition coefficient (Wildman–Crippen LogP) is 6.27. The Hall–Kier alpha value is -0.336. The first kappa shape index (κ1) is 20.7. The zero-order valence-electron chi connectivity index (χ0n) is 16.8. The Morgan fingerprint density at radius 3 is 1.87 bits per heavy atom. The highest BCUT2D eigenvalue weighted by atomic mass is 32.4. The predicted molar refractivity (Wildman–Crippen MR) is 108 cm³/mol. The van der Waals surface area contributed by atoms with E-state index in [0.717, 1.165) is 16.7 Å². The van der Waals surface area contributed by atoms with Crippen molar-refractivity contribution < 1.29 is 4.43 Å². The van der Waals surface area contributed by atoms with E-state index in [0.29, 0.717) is 5.04 Å². The summed E-state index contributed by atoms with van der Waals surface area (Å²) in [6, 6.07) is 1.97. The molecule has 1 rings (SSSR count). The Kier molecular flexibility index (Phi) is 5.87. The minimum absolute atomic E-state index is 0.165. The summed E-state index contributed by atoms with van der Waals surface area (Å²) in [5.74, 6) is 0.741. The van der Waals surface area contributed by atoms with Gasteiger partial charge in [0.2, 0.25) is 5.88 Å². The Labute approximate surface area is 148 Å². The van der Waals surface area contributed by atoms with E-state index < -0.39 is 15.5 Å². The third kappa shape index (κ3) is 5.32. The largest absolute Gasteiger partial charge is 0.531 e. The van der Waals surface area contributed by atoms with Gasteiger partial charge in [0.15, 0.2) is 5.16 Å². The molecule has 6 heteroatoms. The highest BCUT2D eigenvalue weighted by Gasteiger charge is 2.40. The van der Waals surface area contributed by atoms with Gasteiger partial charge in [-0.25, -0.2) is 4.98 Å². The fourth-order valence-electron chi connectivity index (χ4n) is 1.41. The first-order valence-corrected chi connectivity index (χ1v) is 15.7. The lowest BCUT2D eigenvalue weighted by Gasteiger charge is -2.36. The molecule has 132 valence electrons. The van der Waals surface area contributed by atoms with Crippen LogP contribution in [0.4, 0.5) is 0 Å². The second-order valence-electron chi connectivity index (χ2n) is 9.35. The van der Waals surface area contributed by atoms with E-state index in [4.69, 9.17) is 9.41 Å². The Morgan fingerprint density at radius 1 is 0.913 bits per heavy atom. The first-order chi connectivity index (χ1) is 10.1. The maximum Gasteiger partial charge on any atom is 0.252 e. The van der Waals surface area contributed by atoms with Crippen LogP contribution in [0.1, 0.15) is 47.2 Å². The van der Waals surface area contributed by atoms with Gasteiger partial charge in [-0.3, -0.25) is 0 Å². The summed E-state index contributed by atoms with van der Waals surface area (Å²) in [5.41, 5.74) is 0.981. The van der Waals surface area contributed by atoms with Crippen molar-refractivity contribution in [1.29, 1.82) is 0 Å². The van der Waals surface area contributed by atoms with Crippen LogP contribution < -0.4 is 4.43 Å². The molecule has 0 aliphatic rings. The highest BCUT2D eigenvalue weighted by molar-refractivity contribution is 8.28. The van der Waals surface area contributed by atoms with Crippen LogP contribution in [0, 0.1) is 6.92 Å². The smallest absolute Gasteiger partial charge is 0.252 e. The number of aryl methyl sites for hydroxylation is 1. The molecule has 3 nitrogen and oxygen atoms in total. The molecule has 1 aromatic rings. The van der Waals surface area contributed by atoms with Gasteiger partial charge in [-0.1, -0.05) is 54.6 Å². The van der Waals surface area contributed by atoms with Crippen LogP contribution in [0.25, 0.3) is 0 Å². The molecule has 0 radical (unpaired) electrons. The number of hydrogen-bond donors (Lipinski definition) is 0. The highest BCUT2D eigenvalue weighted by Crippen LogP contribution is 2.46. The van der Waals surface area contributed by atoms with Gasteiger partial charge in [0, 0.05) is 11.8 Å². The van der Waals surface area contributed by atoms with Crippen molar-refractivity contribution in [3.8, 4) is 5.88 Å². The maximum absolute atomic E-state index is 6.38. The molecule has 1 heterocycles. The van der Waals surface area contributed by atoms with Gasteiger partial charge in [0.25, 0.3) is 8.32 Å². The number of rotatable bonds is 4. The van der Waals surface area contributed by atoms with E-state index in [1.165, 1.54) is 0 Å². The monoisotopic (exact) mass is 370 g/mol. The fourth-order valence-corrected chi connectivity index (χ4v) is 5.99. The van der Waals surface area contributed by atoms with E-state index in [1.807, 2.05) is 24.2 Å². The van der Waals surface area contributed by atoms with Gasteiger partial charge in [0.1, 0.15) is 7.22 Å². The molecule has 0 aromatic carbocycles. The standard InChI is InChI=1S/C17H34N2OSSi2/c1-13-12-14(20-22(8,9)16(2,3)4)19-15(18-13)21-23(10,11)17(5,6)7/h12H,1-11H3. The van der Waals surface area contributed by atoms with Crippen LogP contribution in [0.3, 0.4) is 0 Å². The average Bonchev–Trinajstić information content (AvgIpc) is 2.22. The molecule has 0 saturated carbocycles. The van der Waals surface area contributed by atoms with Gasteiger partial charge in [0.05, 0.1) is 0 Å². The van der Waals surface area contributed by atoms with Crippen molar-refractivity contribution in [2.24, 2.45) is 0 Å². The van der Waals surface area contributed by atoms with Crippen LogP contribution in [0.15, 0.2) is 11.2 Å². The minimum Gasteiger partial charge on any atom is -0.531 e. The molecule has 0 unspecified atom stereocenters. The summed E-state index contributed by atoms with van der Waals surface area (Å²) >= 11 is 1.87. The van der Waals surface area contributed by atoms with E-state index in [-0.39, 0.29) is 5.04 Å². The molecule has 0 saturated heterocycles. The fraction of sp³-hybridized carbons (Fsp3) is 0.765. The van der Waals surface area contributed by atoms with Crippen LogP contribution in [0.2, 0.25) is 36.3 Å². The van der Waals surface area contributed by atoms with Crippen LogP contribution in [0.5, 0.6) is 5.88 Å².